The molecular formula is C16H16ClN3O5. The van der Waals surface area contributed by atoms with E-state index in [9.17, 15) is 14.4 Å². The Balaban J connectivity index is 1.52. The SMILES string of the molecule is O=C(/C=C/c1cc(Cl)c2c(c1)OCCO2)NNC(=O)C(=O)NC1CC1. The van der Waals surface area contributed by atoms with Crippen LogP contribution in [0.2, 0.25) is 5.02 Å². The van der Waals surface area contributed by atoms with Crippen molar-refractivity contribution in [2.75, 3.05) is 13.2 Å². The van der Waals surface area contributed by atoms with E-state index in [1.807, 2.05) is 5.43 Å². The first-order chi connectivity index (χ1) is 12.0. The summed E-state index contributed by atoms with van der Waals surface area (Å²) >= 11 is 6.11. The van der Waals surface area contributed by atoms with Gasteiger partial charge in [0.05, 0.1) is 5.02 Å². The van der Waals surface area contributed by atoms with Crippen molar-refractivity contribution in [2.45, 2.75) is 18.9 Å². The average molecular weight is 366 g/mol. The Morgan fingerprint density at radius 3 is 2.60 bits per heavy atom. The van der Waals surface area contributed by atoms with Gasteiger partial charge in [0.1, 0.15) is 13.2 Å². The lowest BCUT2D eigenvalue weighted by molar-refractivity contribution is -0.140. The van der Waals surface area contributed by atoms with E-state index in [0.717, 1.165) is 12.8 Å². The average Bonchev–Trinajstić information content (AvgIpc) is 3.41. The number of carbonyl (C=O) groups is 3. The summed E-state index contributed by atoms with van der Waals surface area (Å²) in [5.74, 6) is -1.31. The monoisotopic (exact) mass is 365 g/mol. The Morgan fingerprint density at radius 2 is 1.84 bits per heavy atom. The lowest BCUT2D eigenvalue weighted by Crippen LogP contribution is -2.48. The van der Waals surface area contributed by atoms with Crippen molar-refractivity contribution < 1.29 is 23.9 Å². The van der Waals surface area contributed by atoms with Crippen LogP contribution in [0.25, 0.3) is 6.08 Å². The largest absolute Gasteiger partial charge is 0.486 e. The van der Waals surface area contributed by atoms with Crippen LogP contribution < -0.4 is 25.6 Å². The maximum Gasteiger partial charge on any atom is 0.327 e. The van der Waals surface area contributed by atoms with Gasteiger partial charge in [-0.3, -0.25) is 25.2 Å². The highest BCUT2D eigenvalue weighted by molar-refractivity contribution is 6.35. The van der Waals surface area contributed by atoms with Gasteiger partial charge in [-0.15, -0.1) is 0 Å². The molecule has 1 aliphatic carbocycles. The summed E-state index contributed by atoms with van der Waals surface area (Å²) in [6.07, 6.45) is 4.43. The maximum atomic E-state index is 11.7. The molecule has 0 atom stereocenters. The molecule has 1 aromatic carbocycles. The minimum Gasteiger partial charge on any atom is -0.486 e. The number of hydrogen-bond donors (Lipinski definition) is 3. The van der Waals surface area contributed by atoms with Gasteiger partial charge in [-0.2, -0.15) is 0 Å². The molecule has 1 aromatic rings. The van der Waals surface area contributed by atoms with Crippen LogP contribution in [0.4, 0.5) is 0 Å². The van der Waals surface area contributed by atoms with E-state index in [1.165, 1.54) is 12.2 Å². The molecule has 3 amide bonds. The first-order valence-electron chi connectivity index (χ1n) is 7.71. The Hall–Kier alpha value is -2.74. The molecule has 0 radical (unpaired) electrons. The fourth-order valence-electron chi connectivity index (χ4n) is 2.09. The summed E-state index contributed by atoms with van der Waals surface area (Å²) in [7, 11) is 0. The molecule has 0 spiro atoms. The molecule has 1 aliphatic heterocycles. The Morgan fingerprint density at radius 1 is 1.08 bits per heavy atom. The Labute approximate surface area is 148 Å². The number of hydrogen-bond acceptors (Lipinski definition) is 5. The zero-order valence-electron chi connectivity index (χ0n) is 13.1. The van der Waals surface area contributed by atoms with Gasteiger partial charge in [-0.1, -0.05) is 11.6 Å². The molecule has 0 bridgehead atoms. The van der Waals surface area contributed by atoms with E-state index in [2.05, 4.69) is 10.7 Å². The van der Waals surface area contributed by atoms with Gasteiger partial charge in [0, 0.05) is 12.1 Å². The third-order valence-electron chi connectivity index (χ3n) is 3.46. The van der Waals surface area contributed by atoms with Crippen molar-refractivity contribution in [2.24, 2.45) is 0 Å². The number of carbonyl (C=O) groups excluding carboxylic acids is 3. The van der Waals surface area contributed by atoms with Crippen molar-refractivity contribution in [3.63, 3.8) is 0 Å². The number of halogens is 1. The van der Waals surface area contributed by atoms with Gasteiger partial charge < -0.3 is 14.8 Å². The van der Waals surface area contributed by atoms with Crippen LogP contribution in [0.5, 0.6) is 11.5 Å². The van der Waals surface area contributed by atoms with E-state index in [1.54, 1.807) is 12.1 Å². The van der Waals surface area contributed by atoms with Gasteiger partial charge in [0.25, 0.3) is 5.91 Å². The molecule has 0 saturated heterocycles. The van der Waals surface area contributed by atoms with Crippen molar-refractivity contribution in [3.8, 4) is 11.5 Å². The first kappa shape index (κ1) is 17.1. The molecule has 1 heterocycles. The summed E-state index contributed by atoms with van der Waals surface area (Å²) in [4.78, 5) is 34.6. The smallest absolute Gasteiger partial charge is 0.327 e. The molecule has 132 valence electrons. The number of nitrogens with one attached hydrogen (secondary N) is 3. The third-order valence-corrected chi connectivity index (χ3v) is 3.75. The van der Waals surface area contributed by atoms with Crippen LogP contribution in [0.1, 0.15) is 18.4 Å². The minimum absolute atomic E-state index is 0.0637. The number of benzene rings is 1. The quantitative estimate of drug-likeness (QED) is 0.412. The third kappa shape index (κ3) is 4.63. The van der Waals surface area contributed by atoms with Crippen LogP contribution in [0.3, 0.4) is 0 Å². The Bertz CT molecular complexity index is 746. The zero-order valence-corrected chi connectivity index (χ0v) is 13.9. The number of hydrazine groups is 1. The zero-order chi connectivity index (χ0) is 17.8. The molecule has 3 N–H and O–H groups in total. The maximum absolute atomic E-state index is 11.7. The topological polar surface area (TPSA) is 106 Å². The van der Waals surface area contributed by atoms with E-state index < -0.39 is 17.7 Å². The van der Waals surface area contributed by atoms with E-state index in [4.69, 9.17) is 21.1 Å². The summed E-state index contributed by atoms with van der Waals surface area (Å²) in [5, 5.41) is 2.89. The number of ether oxygens (including phenoxy) is 2. The first-order valence-corrected chi connectivity index (χ1v) is 8.09. The summed E-state index contributed by atoms with van der Waals surface area (Å²) in [5.41, 5.74) is 4.80. The number of amides is 3. The van der Waals surface area contributed by atoms with Crippen molar-refractivity contribution in [1.29, 1.82) is 0 Å². The molecule has 25 heavy (non-hydrogen) atoms. The van der Waals surface area contributed by atoms with Crippen LogP contribution >= 0.6 is 11.6 Å². The molecule has 9 heteroatoms. The van der Waals surface area contributed by atoms with Gasteiger partial charge >= 0.3 is 11.8 Å². The standard InChI is InChI=1S/C16H16ClN3O5/c17-11-7-9(8-12-14(11)25-6-5-24-12)1-4-13(21)19-20-16(23)15(22)18-10-2-3-10/h1,4,7-8,10H,2-3,5-6H2,(H,18,22)(H,19,21)(H,20,23)/b4-1+. The molecule has 2 aliphatic rings. The molecular weight excluding hydrogens is 350 g/mol. The highest BCUT2D eigenvalue weighted by atomic mass is 35.5. The molecule has 0 unspecified atom stereocenters. The molecule has 8 nitrogen and oxygen atoms in total. The highest BCUT2D eigenvalue weighted by Crippen LogP contribution is 2.38. The lowest BCUT2D eigenvalue weighted by atomic mass is 10.1. The van der Waals surface area contributed by atoms with Crippen LogP contribution in [0.15, 0.2) is 18.2 Å². The van der Waals surface area contributed by atoms with Crippen molar-refractivity contribution >= 4 is 35.4 Å². The molecule has 1 fully saturated rings. The van der Waals surface area contributed by atoms with Crippen molar-refractivity contribution in [1.82, 2.24) is 16.2 Å². The second-order valence-electron chi connectivity index (χ2n) is 5.55. The van der Waals surface area contributed by atoms with Gasteiger partial charge in [0.2, 0.25) is 0 Å². The number of fused-ring (bicyclic) bond motifs is 1. The highest BCUT2D eigenvalue weighted by Gasteiger charge is 2.26. The second kappa shape index (κ2) is 7.43. The van der Waals surface area contributed by atoms with Crippen molar-refractivity contribution in [3.05, 3.63) is 28.8 Å². The summed E-state index contributed by atoms with van der Waals surface area (Å²) in [6.45, 7) is 0.851. The van der Waals surface area contributed by atoms with E-state index >= 15 is 0 Å². The molecule has 0 aromatic heterocycles. The lowest BCUT2D eigenvalue weighted by Gasteiger charge is -2.19. The van der Waals surface area contributed by atoms with Crippen LogP contribution in [-0.4, -0.2) is 37.0 Å². The van der Waals surface area contributed by atoms with Crippen LogP contribution in [-0.2, 0) is 14.4 Å². The molecule has 3 rings (SSSR count). The predicted octanol–water partition coefficient (Wildman–Crippen LogP) is 0.550. The fraction of sp³-hybridized carbons (Fsp3) is 0.312. The fourth-order valence-corrected chi connectivity index (χ4v) is 2.37. The van der Waals surface area contributed by atoms with E-state index in [0.29, 0.717) is 35.3 Å². The molecule has 1 saturated carbocycles. The minimum atomic E-state index is -0.920. The summed E-state index contributed by atoms with van der Waals surface area (Å²) in [6, 6.07) is 3.38. The summed E-state index contributed by atoms with van der Waals surface area (Å²) < 4.78 is 10.9. The van der Waals surface area contributed by atoms with Crippen LogP contribution in [0, 0.1) is 0 Å². The van der Waals surface area contributed by atoms with Gasteiger partial charge in [-0.05, 0) is 36.6 Å². The Kier molecular flexibility index (Phi) is 5.08. The second-order valence-corrected chi connectivity index (χ2v) is 5.96. The predicted molar refractivity (Wildman–Crippen MR) is 88.9 cm³/mol. The normalized spacial score (nSPS) is 15.6. The van der Waals surface area contributed by atoms with Gasteiger partial charge in [0.15, 0.2) is 11.5 Å². The van der Waals surface area contributed by atoms with Gasteiger partial charge in [-0.25, -0.2) is 0 Å². The van der Waals surface area contributed by atoms with E-state index in [-0.39, 0.29) is 6.04 Å². The number of rotatable bonds is 3.